The van der Waals surface area contributed by atoms with E-state index >= 15 is 0 Å². The summed E-state index contributed by atoms with van der Waals surface area (Å²) in [7, 11) is 0. The molecule has 1 aromatic rings. The predicted octanol–water partition coefficient (Wildman–Crippen LogP) is 4.25. The zero-order valence-corrected chi connectivity index (χ0v) is 11.9. The Morgan fingerprint density at radius 3 is 2.61 bits per heavy atom. The van der Waals surface area contributed by atoms with Gasteiger partial charge in [0.05, 0.1) is 18.3 Å². The van der Waals surface area contributed by atoms with E-state index in [1.807, 2.05) is 20.0 Å². The van der Waals surface area contributed by atoms with Crippen molar-refractivity contribution in [1.82, 2.24) is 9.78 Å². The maximum atomic E-state index is 8.73. The van der Waals surface area contributed by atoms with Crippen molar-refractivity contribution in [2.24, 2.45) is 5.92 Å². The third-order valence-electron chi connectivity index (χ3n) is 3.57. The van der Waals surface area contributed by atoms with Crippen LogP contribution in [0.4, 0.5) is 0 Å². The number of nitrogens with zero attached hydrogens (tertiary/aromatic N) is 3. The maximum Gasteiger partial charge on any atom is 0.0622 e. The van der Waals surface area contributed by atoms with Crippen LogP contribution in [0.2, 0.25) is 0 Å². The fraction of sp³-hybridized carbons (Fsp3) is 0.733. The van der Waals surface area contributed by atoms with E-state index in [2.05, 4.69) is 29.0 Å². The fourth-order valence-electron chi connectivity index (χ4n) is 2.75. The molecular formula is C15H25N3. The zero-order chi connectivity index (χ0) is 13.4. The van der Waals surface area contributed by atoms with E-state index in [1.165, 1.54) is 31.2 Å². The molecule has 0 saturated heterocycles. The standard InChI is InChI=1S/C13H19N3.C2H6/c1-11-9-15-16(10-11)13(7-4-8-14)12-5-2-3-6-12;1-2/h9-10,12-13H,2-7H2,1H3;1-2H3. The Hall–Kier alpha value is -1.30. The molecule has 100 valence electrons. The summed E-state index contributed by atoms with van der Waals surface area (Å²) in [4.78, 5) is 0. The van der Waals surface area contributed by atoms with Gasteiger partial charge in [-0.3, -0.25) is 4.68 Å². The average molecular weight is 247 g/mol. The summed E-state index contributed by atoms with van der Waals surface area (Å²) >= 11 is 0. The Labute approximate surface area is 111 Å². The lowest BCUT2D eigenvalue weighted by atomic mass is 9.94. The second kappa shape index (κ2) is 7.92. The number of hydrogen-bond donors (Lipinski definition) is 0. The minimum atomic E-state index is 0.441. The van der Waals surface area contributed by atoms with E-state index in [1.54, 1.807) is 0 Å². The number of hydrogen-bond acceptors (Lipinski definition) is 2. The van der Waals surface area contributed by atoms with E-state index < -0.39 is 0 Å². The second-order valence-electron chi connectivity index (χ2n) is 4.81. The van der Waals surface area contributed by atoms with E-state index in [9.17, 15) is 0 Å². The van der Waals surface area contributed by atoms with Gasteiger partial charge in [0.2, 0.25) is 0 Å². The van der Waals surface area contributed by atoms with Crippen molar-refractivity contribution < 1.29 is 0 Å². The van der Waals surface area contributed by atoms with Crippen molar-refractivity contribution in [1.29, 1.82) is 5.26 Å². The molecule has 1 saturated carbocycles. The first-order valence-electron chi connectivity index (χ1n) is 7.19. The third kappa shape index (κ3) is 3.87. The zero-order valence-electron chi connectivity index (χ0n) is 11.9. The summed E-state index contributed by atoms with van der Waals surface area (Å²) in [5, 5.41) is 13.2. The first-order valence-corrected chi connectivity index (χ1v) is 7.19. The van der Waals surface area contributed by atoms with Gasteiger partial charge in [0.1, 0.15) is 0 Å². The van der Waals surface area contributed by atoms with Crippen molar-refractivity contribution in [3.8, 4) is 6.07 Å². The minimum Gasteiger partial charge on any atom is -0.269 e. The first kappa shape index (κ1) is 14.8. The lowest BCUT2D eigenvalue weighted by Gasteiger charge is -2.23. The molecule has 3 nitrogen and oxygen atoms in total. The molecule has 0 bridgehead atoms. The quantitative estimate of drug-likeness (QED) is 0.798. The molecule has 3 heteroatoms. The van der Waals surface area contributed by atoms with Crippen molar-refractivity contribution in [2.45, 2.75) is 65.3 Å². The normalized spacial score (nSPS) is 16.8. The van der Waals surface area contributed by atoms with Crippen molar-refractivity contribution >= 4 is 0 Å². The molecule has 0 radical (unpaired) electrons. The largest absolute Gasteiger partial charge is 0.269 e. The molecule has 0 amide bonds. The highest BCUT2D eigenvalue weighted by atomic mass is 15.3. The van der Waals surface area contributed by atoms with Crippen LogP contribution in [-0.2, 0) is 0 Å². The smallest absolute Gasteiger partial charge is 0.0622 e. The van der Waals surface area contributed by atoms with E-state index in [4.69, 9.17) is 5.26 Å². The molecule has 1 aliphatic rings. The van der Waals surface area contributed by atoms with E-state index in [-0.39, 0.29) is 0 Å². The highest BCUT2D eigenvalue weighted by Gasteiger charge is 2.26. The summed E-state index contributed by atoms with van der Waals surface area (Å²) in [6, 6.07) is 2.70. The monoisotopic (exact) mass is 247 g/mol. The molecule has 1 fully saturated rings. The molecule has 1 atom stereocenters. The van der Waals surface area contributed by atoms with Crippen LogP contribution < -0.4 is 0 Å². The van der Waals surface area contributed by atoms with Gasteiger partial charge in [-0.1, -0.05) is 26.7 Å². The van der Waals surface area contributed by atoms with Gasteiger partial charge in [-0.2, -0.15) is 10.4 Å². The van der Waals surface area contributed by atoms with Crippen LogP contribution in [0.3, 0.4) is 0 Å². The van der Waals surface area contributed by atoms with Crippen molar-refractivity contribution in [2.75, 3.05) is 0 Å². The van der Waals surface area contributed by atoms with Crippen molar-refractivity contribution in [3.05, 3.63) is 18.0 Å². The summed E-state index contributed by atoms with van der Waals surface area (Å²) in [5.41, 5.74) is 1.21. The summed E-state index contributed by atoms with van der Waals surface area (Å²) < 4.78 is 2.09. The summed E-state index contributed by atoms with van der Waals surface area (Å²) in [5.74, 6) is 0.729. The lowest BCUT2D eigenvalue weighted by molar-refractivity contribution is 0.295. The van der Waals surface area contributed by atoms with Crippen molar-refractivity contribution in [3.63, 3.8) is 0 Å². The summed E-state index contributed by atoms with van der Waals surface area (Å²) in [6.45, 7) is 6.07. The Kier molecular flexibility index (Phi) is 6.49. The Bertz CT molecular complexity index is 369. The van der Waals surface area contributed by atoms with Crippen LogP contribution in [0.1, 0.15) is 64.0 Å². The minimum absolute atomic E-state index is 0.441. The van der Waals surface area contributed by atoms with E-state index in [0.29, 0.717) is 12.5 Å². The number of aryl methyl sites for hydroxylation is 1. The Morgan fingerprint density at radius 2 is 2.11 bits per heavy atom. The van der Waals surface area contributed by atoms with Gasteiger partial charge in [0.15, 0.2) is 0 Å². The van der Waals surface area contributed by atoms with Crippen LogP contribution in [0.25, 0.3) is 0 Å². The van der Waals surface area contributed by atoms with Crippen LogP contribution >= 0.6 is 0 Å². The van der Waals surface area contributed by atoms with Gasteiger partial charge >= 0.3 is 0 Å². The molecular weight excluding hydrogens is 222 g/mol. The number of nitriles is 1. The average Bonchev–Trinajstić information content (AvgIpc) is 3.05. The van der Waals surface area contributed by atoms with Gasteiger partial charge in [-0.25, -0.2) is 0 Å². The highest BCUT2D eigenvalue weighted by Crippen LogP contribution is 2.36. The van der Waals surface area contributed by atoms with Crippen LogP contribution in [0.15, 0.2) is 12.4 Å². The van der Waals surface area contributed by atoms with Gasteiger partial charge in [0.25, 0.3) is 0 Å². The molecule has 0 N–H and O–H groups in total. The molecule has 0 spiro atoms. The number of aromatic nitrogens is 2. The van der Waals surface area contributed by atoms with E-state index in [0.717, 1.165) is 12.3 Å². The third-order valence-corrected chi connectivity index (χ3v) is 3.57. The van der Waals surface area contributed by atoms with Crippen LogP contribution in [-0.4, -0.2) is 9.78 Å². The first-order chi connectivity index (χ1) is 8.81. The molecule has 1 heterocycles. The highest BCUT2D eigenvalue weighted by molar-refractivity contribution is 5.01. The number of rotatable bonds is 4. The van der Waals surface area contributed by atoms with Crippen LogP contribution in [0, 0.1) is 24.2 Å². The summed E-state index contributed by atoms with van der Waals surface area (Å²) in [6.07, 6.45) is 10.9. The molecule has 0 aromatic carbocycles. The lowest BCUT2D eigenvalue weighted by Crippen LogP contribution is -2.17. The molecule has 1 aliphatic carbocycles. The fourth-order valence-corrected chi connectivity index (χ4v) is 2.75. The SMILES string of the molecule is CC.Cc1cnn(C(CCC#N)C2CCCC2)c1. The van der Waals surface area contributed by atoms with Gasteiger partial charge in [0, 0.05) is 12.6 Å². The molecule has 1 unspecified atom stereocenters. The maximum absolute atomic E-state index is 8.73. The predicted molar refractivity (Wildman–Crippen MR) is 74.2 cm³/mol. The van der Waals surface area contributed by atoms with Crippen LogP contribution in [0.5, 0.6) is 0 Å². The molecule has 0 aliphatic heterocycles. The Balaban J connectivity index is 0.000000771. The molecule has 2 rings (SSSR count). The van der Waals surface area contributed by atoms with Gasteiger partial charge in [-0.15, -0.1) is 0 Å². The topological polar surface area (TPSA) is 41.6 Å². The molecule has 1 aromatic heterocycles. The molecule has 18 heavy (non-hydrogen) atoms. The van der Waals surface area contributed by atoms with Gasteiger partial charge < -0.3 is 0 Å². The Morgan fingerprint density at radius 1 is 1.44 bits per heavy atom. The second-order valence-corrected chi connectivity index (χ2v) is 4.81. The van der Waals surface area contributed by atoms with Gasteiger partial charge in [-0.05, 0) is 37.7 Å².